The molecule has 0 fully saturated rings. The van der Waals surface area contributed by atoms with Gasteiger partial charge in [-0.3, -0.25) is 0 Å². The third-order valence-electron chi connectivity index (χ3n) is 1.64. The van der Waals surface area contributed by atoms with Crippen LogP contribution in [0, 0.1) is 4.84 Å². The fourth-order valence-corrected chi connectivity index (χ4v) is 1.45. The highest BCUT2D eigenvalue weighted by atomic mass is 35.5. The first-order chi connectivity index (χ1) is 5.79. The normalized spacial score (nSPS) is 10.8. The molecule has 0 amide bonds. The van der Waals surface area contributed by atoms with Gasteiger partial charge < -0.3 is 9.40 Å². The first kappa shape index (κ1) is 7.83. The molecule has 0 aliphatic heterocycles. The Balaban J connectivity index is 2.74. The molecule has 2 aromatic rings. The summed E-state index contributed by atoms with van der Waals surface area (Å²) in [6.07, 6.45) is 0. The van der Waals surface area contributed by atoms with Crippen LogP contribution in [0.1, 0.15) is 5.56 Å². The lowest BCUT2D eigenvalue weighted by molar-refractivity contribution is 0.583. The van der Waals surface area contributed by atoms with Gasteiger partial charge in [-0.1, -0.05) is 6.07 Å². The van der Waals surface area contributed by atoms with E-state index in [4.69, 9.17) is 28.2 Å². The molecular formula is C8H6ClNOS. The maximum absolute atomic E-state index is 5.66. The van der Waals surface area contributed by atoms with Gasteiger partial charge in [-0.05, 0) is 29.9 Å². The minimum Gasteiger partial charge on any atom is -0.429 e. The van der Waals surface area contributed by atoms with Crippen LogP contribution in [0.15, 0.2) is 22.6 Å². The summed E-state index contributed by atoms with van der Waals surface area (Å²) in [5, 5.41) is 0. The molecule has 0 aliphatic carbocycles. The summed E-state index contributed by atoms with van der Waals surface area (Å²) in [6, 6.07) is 5.71. The van der Waals surface area contributed by atoms with Crippen LogP contribution in [0.2, 0.25) is 0 Å². The van der Waals surface area contributed by atoms with Crippen molar-refractivity contribution in [3.63, 3.8) is 0 Å². The Hall–Kier alpha value is -0.800. The predicted octanol–water partition coefficient (Wildman–Crippen LogP) is 3.23. The van der Waals surface area contributed by atoms with Crippen molar-refractivity contribution >= 4 is 34.9 Å². The van der Waals surface area contributed by atoms with E-state index in [1.807, 2.05) is 18.2 Å². The van der Waals surface area contributed by atoms with Crippen LogP contribution in [-0.4, -0.2) is 4.98 Å². The van der Waals surface area contributed by atoms with E-state index in [0.29, 0.717) is 10.7 Å². The van der Waals surface area contributed by atoms with Crippen molar-refractivity contribution in [3.8, 4) is 0 Å². The Morgan fingerprint density at radius 3 is 3.08 bits per heavy atom. The molecule has 0 radical (unpaired) electrons. The average molecular weight is 200 g/mol. The third kappa shape index (κ3) is 1.26. The number of benzene rings is 1. The number of nitrogens with one attached hydrogen (secondary N) is 1. The summed E-state index contributed by atoms with van der Waals surface area (Å²) in [5.74, 6) is 0.502. The summed E-state index contributed by atoms with van der Waals surface area (Å²) in [4.78, 5) is 3.32. The first-order valence-electron chi connectivity index (χ1n) is 3.47. The molecule has 0 unspecified atom stereocenters. The van der Waals surface area contributed by atoms with Gasteiger partial charge >= 0.3 is 0 Å². The highest BCUT2D eigenvalue weighted by Crippen LogP contribution is 2.16. The Kier molecular flexibility index (Phi) is 1.90. The second-order valence-corrected chi connectivity index (χ2v) is 3.12. The first-order valence-corrected chi connectivity index (χ1v) is 4.41. The molecule has 1 aromatic heterocycles. The molecule has 1 N–H and O–H groups in total. The van der Waals surface area contributed by atoms with Crippen LogP contribution in [0.5, 0.6) is 0 Å². The van der Waals surface area contributed by atoms with Crippen molar-refractivity contribution in [1.82, 2.24) is 4.98 Å². The summed E-state index contributed by atoms with van der Waals surface area (Å²) < 4.78 is 5.18. The number of halogens is 1. The summed E-state index contributed by atoms with van der Waals surface area (Å²) in [7, 11) is 0. The fourth-order valence-electron chi connectivity index (χ4n) is 1.08. The molecule has 1 aromatic carbocycles. The van der Waals surface area contributed by atoms with E-state index in [1.165, 1.54) is 0 Å². The molecule has 2 rings (SSSR count). The zero-order valence-corrected chi connectivity index (χ0v) is 7.71. The van der Waals surface area contributed by atoms with Gasteiger partial charge in [-0.2, -0.15) is 0 Å². The Bertz CT molecular complexity index is 459. The van der Waals surface area contributed by atoms with E-state index >= 15 is 0 Å². The monoisotopic (exact) mass is 199 g/mol. The van der Waals surface area contributed by atoms with E-state index in [1.54, 1.807) is 0 Å². The largest absolute Gasteiger partial charge is 0.429 e. The van der Waals surface area contributed by atoms with Crippen LogP contribution in [0.3, 0.4) is 0 Å². The zero-order valence-electron chi connectivity index (χ0n) is 6.13. The summed E-state index contributed by atoms with van der Waals surface area (Å²) >= 11 is 10.5. The second kappa shape index (κ2) is 2.92. The van der Waals surface area contributed by atoms with Gasteiger partial charge in [0.15, 0.2) is 5.58 Å². The van der Waals surface area contributed by atoms with Gasteiger partial charge in [-0.15, -0.1) is 11.6 Å². The molecule has 0 spiro atoms. The number of fused-ring (bicyclic) bond motifs is 1. The minimum atomic E-state index is 0.400. The molecule has 12 heavy (non-hydrogen) atoms. The van der Waals surface area contributed by atoms with E-state index < -0.39 is 0 Å². The molecule has 0 atom stereocenters. The Labute approximate surface area is 79.2 Å². The lowest BCUT2D eigenvalue weighted by atomic mass is 10.2. The van der Waals surface area contributed by atoms with Crippen LogP contribution in [0.4, 0.5) is 0 Å². The maximum atomic E-state index is 5.66. The SMILES string of the molecule is S=c1[nH]c2cc(CCl)ccc2o1. The molecule has 62 valence electrons. The quantitative estimate of drug-likeness (QED) is 0.564. The van der Waals surface area contributed by atoms with E-state index in [2.05, 4.69) is 4.98 Å². The highest BCUT2D eigenvalue weighted by molar-refractivity contribution is 7.71. The van der Waals surface area contributed by atoms with Gasteiger partial charge in [-0.25, -0.2) is 0 Å². The predicted molar refractivity (Wildman–Crippen MR) is 51.0 cm³/mol. The molecule has 0 saturated carbocycles. The summed E-state index contributed by atoms with van der Waals surface area (Å²) in [6.45, 7) is 0. The summed E-state index contributed by atoms with van der Waals surface area (Å²) in [5.41, 5.74) is 2.73. The standard InChI is InChI=1S/C8H6ClNOS/c9-4-5-1-2-7-6(3-5)10-8(12)11-7/h1-3H,4H2,(H,10,12). The fraction of sp³-hybridized carbons (Fsp3) is 0.125. The van der Waals surface area contributed by atoms with Gasteiger partial charge in [0.05, 0.1) is 5.52 Å². The van der Waals surface area contributed by atoms with Crippen molar-refractivity contribution < 1.29 is 4.42 Å². The number of aromatic amines is 1. The van der Waals surface area contributed by atoms with Crippen LogP contribution in [0.25, 0.3) is 11.1 Å². The highest BCUT2D eigenvalue weighted by Gasteiger charge is 1.98. The number of hydrogen-bond acceptors (Lipinski definition) is 2. The number of aromatic nitrogens is 1. The van der Waals surface area contributed by atoms with E-state index in [0.717, 1.165) is 16.7 Å². The molecule has 0 bridgehead atoms. The molecular weight excluding hydrogens is 194 g/mol. The zero-order chi connectivity index (χ0) is 8.55. The molecule has 4 heteroatoms. The Morgan fingerprint density at radius 1 is 1.50 bits per heavy atom. The third-order valence-corrected chi connectivity index (χ3v) is 2.13. The Morgan fingerprint density at radius 2 is 2.33 bits per heavy atom. The lowest BCUT2D eigenvalue weighted by Gasteiger charge is -1.91. The van der Waals surface area contributed by atoms with Crippen molar-refractivity contribution in [1.29, 1.82) is 0 Å². The van der Waals surface area contributed by atoms with Crippen LogP contribution in [-0.2, 0) is 5.88 Å². The van der Waals surface area contributed by atoms with Crippen molar-refractivity contribution in [2.75, 3.05) is 0 Å². The van der Waals surface area contributed by atoms with Crippen molar-refractivity contribution in [3.05, 3.63) is 28.6 Å². The van der Waals surface area contributed by atoms with Gasteiger partial charge in [0.1, 0.15) is 0 Å². The molecule has 2 nitrogen and oxygen atoms in total. The maximum Gasteiger partial charge on any atom is 0.266 e. The number of alkyl halides is 1. The smallest absolute Gasteiger partial charge is 0.266 e. The van der Waals surface area contributed by atoms with Gasteiger partial charge in [0.25, 0.3) is 4.84 Å². The number of rotatable bonds is 1. The molecule has 0 saturated heterocycles. The number of oxazole rings is 1. The second-order valence-electron chi connectivity index (χ2n) is 2.48. The lowest BCUT2D eigenvalue weighted by Crippen LogP contribution is -1.75. The number of H-pyrrole nitrogens is 1. The van der Waals surface area contributed by atoms with Crippen LogP contribution < -0.4 is 0 Å². The van der Waals surface area contributed by atoms with Gasteiger partial charge in [0, 0.05) is 5.88 Å². The van der Waals surface area contributed by atoms with E-state index in [9.17, 15) is 0 Å². The van der Waals surface area contributed by atoms with Gasteiger partial charge in [0.2, 0.25) is 0 Å². The topological polar surface area (TPSA) is 28.9 Å². The molecule has 0 aliphatic rings. The van der Waals surface area contributed by atoms with Crippen LogP contribution >= 0.6 is 23.8 Å². The average Bonchev–Trinajstić information content (AvgIpc) is 2.43. The molecule has 1 heterocycles. The van der Waals surface area contributed by atoms with Crippen molar-refractivity contribution in [2.24, 2.45) is 0 Å². The van der Waals surface area contributed by atoms with Crippen molar-refractivity contribution in [2.45, 2.75) is 5.88 Å². The minimum absolute atomic E-state index is 0.400. The number of hydrogen-bond donors (Lipinski definition) is 1. The van der Waals surface area contributed by atoms with E-state index in [-0.39, 0.29) is 0 Å².